The second-order valence-electron chi connectivity index (χ2n) is 3.92. The van der Waals surface area contributed by atoms with Crippen LogP contribution in [0.15, 0.2) is 24.3 Å². The van der Waals surface area contributed by atoms with Gasteiger partial charge in [0, 0.05) is 19.2 Å². The maximum Gasteiger partial charge on any atom is 0.216 e. The van der Waals surface area contributed by atoms with Gasteiger partial charge in [-0.15, -0.1) is 0 Å². The topological polar surface area (TPSA) is 63.2 Å². The Morgan fingerprint density at radius 2 is 1.95 bits per heavy atom. The van der Waals surface area contributed by atoms with E-state index >= 15 is 0 Å². The van der Waals surface area contributed by atoms with Crippen molar-refractivity contribution >= 4 is 28.6 Å². The van der Waals surface area contributed by atoms with Crippen LogP contribution >= 0.6 is 11.8 Å². The summed E-state index contributed by atoms with van der Waals surface area (Å²) in [4.78, 5) is 33.4. The predicted molar refractivity (Wildman–Crippen MR) is 79.0 cm³/mol. The van der Waals surface area contributed by atoms with Crippen molar-refractivity contribution in [2.75, 3.05) is 12.3 Å². The molecule has 0 aliphatic heterocycles. The van der Waals surface area contributed by atoms with Gasteiger partial charge in [0.1, 0.15) is 0 Å². The Kier molecular flexibility index (Phi) is 10.9. The normalized spacial score (nSPS) is 11.1. The maximum absolute atomic E-state index is 11.4. The van der Waals surface area contributed by atoms with Crippen LogP contribution in [0.1, 0.15) is 33.1 Å². The number of amides is 1. The highest BCUT2D eigenvalue weighted by molar-refractivity contribution is 8.13. The molecule has 0 fully saturated rings. The first-order valence-electron chi connectivity index (χ1n) is 6.32. The molecule has 0 saturated heterocycles. The van der Waals surface area contributed by atoms with Gasteiger partial charge < -0.3 is 5.32 Å². The van der Waals surface area contributed by atoms with E-state index < -0.39 is 0 Å². The number of thioether (sulfide) groups is 1. The van der Waals surface area contributed by atoms with Crippen molar-refractivity contribution in [3.63, 3.8) is 0 Å². The SMILES string of the molecule is CCC/C=C/C=C/C(=O)CC(=O)SCCNC(C)=O. The summed E-state index contributed by atoms with van der Waals surface area (Å²) < 4.78 is 0. The number of rotatable bonds is 9. The van der Waals surface area contributed by atoms with E-state index in [9.17, 15) is 14.4 Å². The highest BCUT2D eigenvalue weighted by atomic mass is 32.2. The molecule has 0 aromatic rings. The molecule has 0 aliphatic rings. The Morgan fingerprint density at radius 3 is 2.58 bits per heavy atom. The predicted octanol–water partition coefficient (Wildman–Crippen LogP) is 2.25. The monoisotopic (exact) mass is 283 g/mol. The standard InChI is InChI=1S/C14H21NO3S/c1-3-4-5-6-7-8-13(17)11-14(18)19-10-9-15-12(2)16/h5-8H,3-4,9-11H2,1-2H3,(H,15,16)/b6-5+,8-7+. The Hall–Kier alpha value is -1.36. The number of carbonyl (C=O) groups excluding carboxylic acids is 3. The minimum absolute atomic E-state index is 0.0944. The number of unbranched alkanes of at least 4 members (excludes halogenated alkanes) is 1. The summed E-state index contributed by atoms with van der Waals surface area (Å²) >= 11 is 1.07. The van der Waals surface area contributed by atoms with Crippen LogP contribution in [-0.2, 0) is 14.4 Å². The summed E-state index contributed by atoms with van der Waals surface area (Å²) in [5, 5.41) is 2.42. The Labute approximate surface area is 118 Å². The molecule has 4 nitrogen and oxygen atoms in total. The first kappa shape index (κ1) is 17.6. The quantitative estimate of drug-likeness (QED) is 0.305. The molecule has 0 aromatic heterocycles. The van der Waals surface area contributed by atoms with Gasteiger partial charge in [-0.2, -0.15) is 0 Å². The van der Waals surface area contributed by atoms with Gasteiger partial charge in [-0.3, -0.25) is 14.4 Å². The van der Waals surface area contributed by atoms with Crippen molar-refractivity contribution in [3.8, 4) is 0 Å². The first-order valence-corrected chi connectivity index (χ1v) is 7.31. The lowest BCUT2D eigenvalue weighted by Crippen LogP contribution is -2.22. The lowest BCUT2D eigenvalue weighted by molar-refractivity contribution is -0.120. The molecule has 0 radical (unpaired) electrons. The Balaban J connectivity index is 3.74. The van der Waals surface area contributed by atoms with Crippen molar-refractivity contribution < 1.29 is 14.4 Å². The van der Waals surface area contributed by atoms with Gasteiger partial charge in [-0.1, -0.05) is 43.3 Å². The second kappa shape index (κ2) is 11.7. The van der Waals surface area contributed by atoms with E-state index in [0.717, 1.165) is 24.6 Å². The van der Waals surface area contributed by atoms with Gasteiger partial charge in [-0.05, 0) is 12.5 Å². The summed E-state index contributed by atoms with van der Waals surface area (Å²) in [5.74, 6) is 0.176. The molecular formula is C14H21NO3S. The average Bonchev–Trinajstić information content (AvgIpc) is 2.34. The van der Waals surface area contributed by atoms with Crippen LogP contribution < -0.4 is 5.32 Å². The number of allylic oxidation sites excluding steroid dienone is 4. The van der Waals surface area contributed by atoms with Crippen LogP contribution in [0, 0.1) is 0 Å². The van der Waals surface area contributed by atoms with Crippen LogP contribution in [0.3, 0.4) is 0 Å². The van der Waals surface area contributed by atoms with Crippen molar-refractivity contribution in [2.45, 2.75) is 33.1 Å². The number of hydrogen-bond acceptors (Lipinski definition) is 4. The molecular weight excluding hydrogens is 262 g/mol. The van der Waals surface area contributed by atoms with Gasteiger partial charge in [0.05, 0.1) is 6.42 Å². The zero-order valence-corrected chi connectivity index (χ0v) is 12.3. The van der Waals surface area contributed by atoms with Crippen molar-refractivity contribution in [3.05, 3.63) is 24.3 Å². The van der Waals surface area contributed by atoms with E-state index in [1.54, 1.807) is 6.08 Å². The van der Waals surface area contributed by atoms with E-state index in [4.69, 9.17) is 0 Å². The van der Waals surface area contributed by atoms with E-state index in [2.05, 4.69) is 12.2 Å². The van der Waals surface area contributed by atoms with E-state index in [-0.39, 0.29) is 23.2 Å². The van der Waals surface area contributed by atoms with E-state index in [1.807, 2.05) is 12.2 Å². The van der Waals surface area contributed by atoms with Gasteiger partial charge in [-0.25, -0.2) is 0 Å². The van der Waals surface area contributed by atoms with Crippen molar-refractivity contribution in [2.24, 2.45) is 0 Å². The zero-order chi connectivity index (χ0) is 14.5. The molecule has 0 aromatic carbocycles. The van der Waals surface area contributed by atoms with Crippen LogP contribution in [0.4, 0.5) is 0 Å². The largest absolute Gasteiger partial charge is 0.356 e. The Bertz CT molecular complexity index is 362. The molecule has 0 aliphatic carbocycles. The average molecular weight is 283 g/mol. The molecule has 0 spiro atoms. The van der Waals surface area contributed by atoms with Crippen molar-refractivity contribution in [1.29, 1.82) is 0 Å². The minimum atomic E-state index is -0.196. The van der Waals surface area contributed by atoms with E-state index in [0.29, 0.717) is 12.3 Å². The van der Waals surface area contributed by atoms with E-state index in [1.165, 1.54) is 13.0 Å². The second-order valence-corrected chi connectivity index (χ2v) is 5.07. The molecule has 0 saturated carbocycles. The first-order chi connectivity index (χ1) is 9.06. The van der Waals surface area contributed by atoms with Crippen molar-refractivity contribution in [1.82, 2.24) is 5.32 Å². The molecule has 106 valence electrons. The van der Waals surface area contributed by atoms with Gasteiger partial charge in [0.2, 0.25) is 5.91 Å². The fraction of sp³-hybridized carbons (Fsp3) is 0.500. The number of hydrogen-bond donors (Lipinski definition) is 1. The molecule has 0 heterocycles. The third kappa shape index (κ3) is 12.9. The zero-order valence-electron chi connectivity index (χ0n) is 11.5. The number of nitrogens with one attached hydrogen (secondary N) is 1. The Morgan fingerprint density at radius 1 is 1.21 bits per heavy atom. The smallest absolute Gasteiger partial charge is 0.216 e. The molecule has 0 bridgehead atoms. The van der Waals surface area contributed by atoms with Gasteiger partial charge in [0.15, 0.2) is 10.9 Å². The van der Waals surface area contributed by atoms with Crippen LogP contribution in [0.25, 0.3) is 0 Å². The van der Waals surface area contributed by atoms with Crippen LogP contribution in [0.5, 0.6) is 0 Å². The third-order valence-corrected chi connectivity index (χ3v) is 2.92. The maximum atomic E-state index is 11.4. The fourth-order valence-corrected chi connectivity index (χ4v) is 1.82. The summed E-state index contributed by atoms with van der Waals surface area (Å²) in [6, 6.07) is 0. The highest BCUT2D eigenvalue weighted by Crippen LogP contribution is 2.05. The summed E-state index contributed by atoms with van der Waals surface area (Å²) in [6.45, 7) is 3.94. The fourth-order valence-electron chi connectivity index (χ4n) is 1.15. The lowest BCUT2D eigenvalue weighted by atomic mass is 10.2. The molecule has 0 unspecified atom stereocenters. The molecule has 0 atom stereocenters. The summed E-state index contributed by atoms with van der Waals surface area (Å²) in [6.07, 6.45) is 8.83. The molecule has 5 heteroatoms. The number of carbonyl (C=O) groups is 3. The number of ketones is 1. The summed E-state index contributed by atoms with van der Waals surface area (Å²) in [7, 11) is 0. The molecule has 1 amide bonds. The molecule has 1 N–H and O–H groups in total. The van der Waals surface area contributed by atoms with Gasteiger partial charge >= 0.3 is 0 Å². The third-order valence-electron chi connectivity index (χ3n) is 2.04. The molecule has 19 heavy (non-hydrogen) atoms. The van der Waals surface area contributed by atoms with Gasteiger partial charge in [0.25, 0.3) is 0 Å². The van der Waals surface area contributed by atoms with Crippen LogP contribution in [0.2, 0.25) is 0 Å². The minimum Gasteiger partial charge on any atom is -0.356 e. The summed E-state index contributed by atoms with van der Waals surface area (Å²) in [5.41, 5.74) is 0. The molecule has 0 rings (SSSR count). The highest BCUT2D eigenvalue weighted by Gasteiger charge is 2.07. The van der Waals surface area contributed by atoms with Crippen LogP contribution in [-0.4, -0.2) is 29.1 Å². The lowest BCUT2D eigenvalue weighted by Gasteiger charge is -2.00.